The van der Waals surface area contributed by atoms with Gasteiger partial charge >= 0.3 is 0 Å². The molecule has 0 aliphatic carbocycles. The van der Waals surface area contributed by atoms with Crippen molar-refractivity contribution in [3.8, 4) is 0 Å². The second kappa shape index (κ2) is 6.33. The number of carbonyl (C=O) groups excluding carboxylic acids is 1. The smallest absolute Gasteiger partial charge is 0.253 e. The summed E-state index contributed by atoms with van der Waals surface area (Å²) >= 11 is 3.33. The topological polar surface area (TPSA) is 105 Å². The van der Waals surface area contributed by atoms with Crippen LogP contribution in [0.5, 0.6) is 0 Å². The Kier molecular flexibility index (Phi) is 4.37. The van der Waals surface area contributed by atoms with Crippen LogP contribution in [0.4, 0.5) is 0 Å². The first-order chi connectivity index (χ1) is 11.3. The van der Waals surface area contributed by atoms with Crippen LogP contribution in [-0.4, -0.2) is 35.5 Å². The molecule has 9 heteroatoms. The molecular weight excluding hydrogens is 396 g/mol. The standard InChI is InChI=1S/C15H13BrN4O3S/c1-24(22,23)13-4-9(2-3-17-13)6-20-15(21)12-8-19-14-11(12)5-10(16)7-18-14/h2-5,7-8H,6H2,1H3,(H,18,19)(H,20,21). The average Bonchev–Trinajstić information content (AvgIpc) is 2.95. The highest BCUT2D eigenvalue weighted by atomic mass is 79.9. The van der Waals surface area contributed by atoms with E-state index in [2.05, 4.69) is 36.2 Å². The Morgan fingerprint density at radius 1 is 1.33 bits per heavy atom. The molecular formula is C15H13BrN4O3S. The highest BCUT2D eigenvalue weighted by Crippen LogP contribution is 2.20. The van der Waals surface area contributed by atoms with E-state index >= 15 is 0 Å². The predicted molar refractivity (Wildman–Crippen MR) is 92.3 cm³/mol. The number of carbonyl (C=O) groups is 1. The lowest BCUT2D eigenvalue weighted by Crippen LogP contribution is -2.22. The maximum Gasteiger partial charge on any atom is 0.253 e. The van der Waals surface area contributed by atoms with Gasteiger partial charge in [0.2, 0.25) is 0 Å². The highest BCUT2D eigenvalue weighted by molar-refractivity contribution is 9.10. The van der Waals surface area contributed by atoms with Crippen LogP contribution in [0.1, 0.15) is 15.9 Å². The van der Waals surface area contributed by atoms with Crippen LogP contribution >= 0.6 is 15.9 Å². The molecule has 0 aliphatic heterocycles. The van der Waals surface area contributed by atoms with Gasteiger partial charge in [0.25, 0.3) is 5.91 Å². The molecule has 0 unspecified atom stereocenters. The average molecular weight is 409 g/mol. The molecule has 3 aromatic rings. The molecule has 0 aromatic carbocycles. The third kappa shape index (κ3) is 3.46. The van der Waals surface area contributed by atoms with E-state index < -0.39 is 9.84 Å². The molecule has 3 aromatic heterocycles. The molecule has 2 N–H and O–H groups in total. The lowest BCUT2D eigenvalue weighted by molar-refractivity contribution is 0.0952. The SMILES string of the molecule is CS(=O)(=O)c1cc(CNC(=O)c2c[nH]c3ncc(Br)cc23)ccn1. The van der Waals surface area contributed by atoms with Gasteiger partial charge in [-0.1, -0.05) is 0 Å². The molecule has 0 saturated carbocycles. The number of fused-ring (bicyclic) bond motifs is 1. The second-order valence-corrected chi connectivity index (χ2v) is 8.09. The van der Waals surface area contributed by atoms with Crippen LogP contribution in [0, 0.1) is 0 Å². The van der Waals surface area contributed by atoms with Gasteiger partial charge in [-0.15, -0.1) is 0 Å². The summed E-state index contributed by atoms with van der Waals surface area (Å²) < 4.78 is 23.8. The molecule has 0 fully saturated rings. The van der Waals surface area contributed by atoms with E-state index in [-0.39, 0.29) is 17.5 Å². The summed E-state index contributed by atoms with van der Waals surface area (Å²) in [5.74, 6) is -0.279. The Morgan fingerprint density at radius 3 is 2.88 bits per heavy atom. The van der Waals surface area contributed by atoms with Gasteiger partial charge in [0.15, 0.2) is 14.9 Å². The van der Waals surface area contributed by atoms with E-state index in [0.717, 1.165) is 10.7 Å². The Hall–Kier alpha value is -2.26. The van der Waals surface area contributed by atoms with Gasteiger partial charge in [0, 0.05) is 41.3 Å². The third-order valence-electron chi connectivity index (χ3n) is 3.37. The number of pyridine rings is 2. The Bertz CT molecular complexity index is 1030. The fourth-order valence-electron chi connectivity index (χ4n) is 2.21. The van der Waals surface area contributed by atoms with E-state index in [0.29, 0.717) is 22.2 Å². The molecule has 0 radical (unpaired) electrons. The molecule has 3 rings (SSSR count). The lowest BCUT2D eigenvalue weighted by Gasteiger charge is -2.06. The minimum absolute atomic E-state index is 0.0190. The van der Waals surface area contributed by atoms with Crippen LogP contribution in [0.3, 0.4) is 0 Å². The number of aromatic amines is 1. The first-order valence-electron chi connectivity index (χ1n) is 6.90. The monoisotopic (exact) mass is 408 g/mol. The van der Waals surface area contributed by atoms with Crippen molar-refractivity contribution in [2.75, 3.05) is 6.26 Å². The lowest BCUT2D eigenvalue weighted by atomic mass is 10.2. The van der Waals surface area contributed by atoms with Gasteiger partial charge < -0.3 is 10.3 Å². The second-order valence-electron chi connectivity index (χ2n) is 5.21. The van der Waals surface area contributed by atoms with Crippen molar-refractivity contribution in [1.82, 2.24) is 20.3 Å². The number of aromatic nitrogens is 3. The Labute approximate surface area is 146 Å². The number of H-pyrrole nitrogens is 1. The Morgan fingerprint density at radius 2 is 2.12 bits per heavy atom. The van der Waals surface area contributed by atoms with E-state index in [1.54, 1.807) is 18.5 Å². The minimum Gasteiger partial charge on any atom is -0.348 e. The van der Waals surface area contributed by atoms with Crippen LogP contribution in [0.2, 0.25) is 0 Å². The summed E-state index contributed by atoms with van der Waals surface area (Å²) in [6, 6.07) is 4.91. The van der Waals surface area contributed by atoms with Crippen LogP contribution in [-0.2, 0) is 16.4 Å². The predicted octanol–water partition coefficient (Wildman–Crippen LogP) is 2.05. The number of amides is 1. The fourth-order valence-corrected chi connectivity index (χ4v) is 3.16. The minimum atomic E-state index is -3.38. The zero-order valence-corrected chi connectivity index (χ0v) is 15.0. The molecule has 124 valence electrons. The van der Waals surface area contributed by atoms with Crippen LogP contribution < -0.4 is 5.32 Å². The van der Waals surface area contributed by atoms with E-state index in [4.69, 9.17) is 0 Å². The molecule has 0 saturated heterocycles. The van der Waals surface area contributed by atoms with E-state index in [9.17, 15) is 13.2 Å². The summed E-state index contributed by atoms with van der Waals surface area (Å²) in [6.45, 7) is 0.192. The van der Waals surface area contributed by atoms with Crippen LogP contribution in [0.25, 0.3) is 11.0 Å². The fraction of sp³-hybridized carbons (Fsp3) is 0.133. The summed E-state index contributed by atoms with van der Waals surface area (Å²) in [6.07, 6.45) is 5.73. The van der Waals surface area contributed by atoms with Gasteiger partial charge in [0.1, 0.15) is 5.65 Å². The third-order valence-corrected chi connectivity index (χ3v) is 4.79. The van der Waals surface area contributed by atoms with Gasteiger partial charge in [-0.25, -0.2) is 18.4 Å². The summed E-state index contributed by atoms with van der Waals surface area (Å²) in [5, 5.41) is 3.45. The maximum absolute atomic E-state index is 12.4. The molecule has 24 heavy (non-hydrogen) atoms. The van der Waals surface area contributed by atoms with Crippen molar-refractivity contribution < 1.29 is 13.2 Å². The van der Waals surface area contributed by atoms with E-state index in [1.165, 1.54) is 12.3 Å². The number of hydrogen-bond donors (Lipinski definition) is 2. The van der Waals surface area contributed by atoms with Crippen molar-refractivity contribution in [2.24, 2.45) is 0 Å². The normalized spacial score (nSPS) is 11.6. The summed E-state index contributed by atoms with van der Waals surface area (Å²) in [5.41, 5.74) is 1.74. The molecule has 0 spiro atoms. The van der Waals surface area contributed by atoms with E-state index in [1.807, 2.05) is 6.07 Å². The molecule has 1 amide bonds. The first kappa shape index (κ1) is 16.6. The van der Waals surface area contributed by atoms with Crippen molar-refractivity contribution in [1.29, 1.82) is 0 Å². The zero-order chi connectivity index (χ0) is 17.3. The number of hydrogen-bond acceptors (Lipinski definition) is 5. The van der Waals surface area contributed by atoms with Gasteiger partial charge in [-0.3, -0.25) is 4.79 Å². The number of halogens is 1. The zero-order valence-electron chi connectivity index (χ0n) is 12.6. The first-order valence-corrected chi connectivity index (χ1v) is 9.59. The van der Waals surface area contributed by atoms with Crippen LogP contribution in [0.15, 0.2) is 46.3 Å². The van der Waals surface area contributed by atoms with Gasteiger partial charge in [-0.05, 0) is 39.7 Å². The molecule has 3 heterocycles. The summed E-state index contributed by atoms with van der Waals surface area (Å²) in [4.78, 5) is 23.3. The molecule has 0 atom stereocenters. The van der Waals surface area contributed by atoms with Crippen molar-refractivity contribution in [3.05, 3.63) is 52.4 Å². The van der Waals surface area contributed by atoms with Gasteiger partial charge in [0.05, 0.1) is 5.56 Å². The maximum atomic E-state index is 12.4. The van der Waals surface area contributed by atoms with Gasteiger partial charge in [-0.2, -0.15) is 0 Å². The molecule has 0 bridgehead atoms. The molecule has 7 nitrogen and oxygen atoms in total. The Balaban J connectivity index is 1.79. The van der Waals surface area contributed by atoms with Crippen molar-refractivity contribution in [2.45, 2.75) is 11.6 Å². The number of sulfone groups is 1. The summed E-state index contributed by atoms with van der Waals surface area (Å²) in [7, 11) is -3.38. The van der Waals surface area contributed by atoms with Crippen molar-refractivity contribution >= 4 is 42.7 Å². The number of nitrogens with one attached hydrogen (secondary N) is 2. The highest BCUT2D eigenvalue weighted by Gasteiger charge is 2.14. The number of rotatable bonds is 4. The van der Waals surface area contributed by atoms with Crippen molar-refractivity contribution in [3.63, 3.8) is 0 Å². The number of nitrogens with zero attached hydrogens (tertiary/aromatic N) is 2. The largest absolute Gasteiger partial charge is 0.348 e. The quantitative estimate of drug-likeness (QED) is 0.687. The molecule has 0 aliphatic rings.